The Morgan fingerprint density at radius 2 is 0.584 bits per heavy atom. The Hall–Kier alpha value is -9.96. The SMILES string of the molecule is c1ccc(-c2ccccc2N(c2ccccc2-c2ccc3c(c2)-c2ccccc2C32c3ccccc3Oc3ccccc32)c2ccccc2-c2cccc3c2-c2ccccc2C32c3ccccc3Oc3ccccc32)cc1. The minimum Gasteiger partial charge on any atom is -0.457 e. The fourth-order valence-electron chi connectivity index (χ4n) is 13.9. The zero-order valence-corrected chi connectivity index (χ0v) is 41.9. The molecule has 12 aromatic rings. The van der Waals surface area contributed by atoms with Crippen LogP contribution in [0.2, 0.25) is 0 Å². The molecule has 3 heteroatoms. The third-order valence-corrected chi connectivity index (χ3v) is 16.8. The summed E-state index contributed by atoms with van der Waals surface area (Å²) in [6.07, 6.45) is 0. The Bertz CT molecular complexity index is 4290. The predicted octanol–water partition coefficient (Wildman–Crippen LogP) is 19.1. The molecule has 0 fully saturated rings. The van der Waals surface area contributed by atoms with Crippen LogP contribution in [0.4, 0.5) is 17.1 Å². The van der Waals surface area contributed by atoms with E-state index in [2.05, 4.69) is 290 Å². The molecule has 2 spiro atoms. The lowest BCUT2D eigenvalue weighted by Gasteiger charge is -2.39. The summed E-state index contributed by atoms with van der Waals surface area (Å²) in [5.74, 6) is 3.54. The molecule has 0 atom stereocenters. The summed E-state index contributed by atoms with van der Waals surface area (Å²) >= 11 is 0. The number of anilines is 3. The van der Waals surface area contributed by atoms with Crippen molar-refractivity contribution in [3.63, 3.8) is 0 Å². The van der Waals surface area contributed by atoms with E-state index in [0.717, 1.165) is 90.1 Å². The van der Waals surface area contributed by atoms with Gasteiger partial charge in [0, 0.05) is 38.9 Å². The van der Waals surface area contributed by atoms with Crippen molar-refractivity contribution in [2.45, 2.75) is 10.8 Å². The molecule has 0 saturated heterocycles. The van der Waals surface area contributed by atoms with E-state index < -0.39 is 10.8 Å². The lowest BCUT2D eigenvalue weighted by atomic mass is 9.66. The van der Waals surface area contributed by atoms with Crippen LogP contribution in [0.25, 0.3) is 55.6 Å². The minimum atomic E-state index is -0.603. The van der Waals surface area contributed by atoms with Crippen LogP contribution in [0, 0.1) is 0 Å². The second-order valence-corrected chi connectivity index (χ2v) is 20.5. The van der Waals surface area contributed by atoms with Crippen LogP contribution in [-0.2, 0) is 10.8 Å². The minimum absolute atomic E-state index is 0.559. The monoisotopic (exact) mass is 981 g/mol. The van der Waals surface area contributed by atoms with E-state index in [4.69, 9.17) is 9.47 Å². The molecule has 360 valence electrons. The first-order chi connectivity index (χ1) is 38.2. The highest BCUT2D eigenvalue weighted by Crippen LogP contribution is 2.65. The van der Waals surface area contributed by atoms with Gasteiger partial charge >= 0.3 is 0 Å². The average molecular weight is 982 g/mol. The summed E-state index contributed by atoms with van der Waals surface area (Å²) in [7, 11) is 0. The van der Waals surface area contributed by atoms with Crippen molar-refractivity contribution < 1.29 is 9.47 Å². The molecule has 16 rings (SSSR count). The summed E-state index contributed by atoms with van der Waals surface area (Å²) in [5.41, 5.74) is 23.4. The first kappa shape index (κ1) is 43.4. The van der Waals surface area contributed by atoms with Gasteiger partial charge in [0.1, 0.15) is 23.0 Å². The van der Waals surface area contributed by atoms with Gasteiger partial charge in [0.15, 0.2) is 0 Å². The van der Waals surface area contributed by atoms with Gasteiger partial charge in [0.05, 0.1) is 27.9 Å². The Balaban J connectivity index is 0.941. The van der Waals surface area contributed by atoms with Crippen molar-refractivity contribution in [1.29, 1.82) is 0 Å². The van der Waals surface area contributed by atoms with Gasteiger partial charge in [-0.25, -0.2) is 0 Å². The lowest BCUT2D eigenvalue weighted by molar-refractivity contribution is 0.436. The second kappa shape index (κ2) is 16.8. The van der Waals surface area contributed by atoms with E-state index in [-0.39, 0.29) is 0 Å². The van der Waals surface area contributed by atoms with Gasteiger partial charge in [-0.05, 0) is 110 Å². The van der Waals surface area contributed by atoms with Crippen molar-refractivity contribution in [2.24, 2.45) is 0 Å². The standard InChI is InChI=1S/C74H47NO2/c1-2-23-48(24-3-1)50-25-6-15-38-65(50)75(66-39-16-7-26-51(66)49-45-46-59-56(47-49)52-27-4-9-31-57(52)73(59)60-33-11-18-41-68(60)76-69-42-19-12-34-61(69)73)67-40-17-8-28-53(67)54-30-22-37-64-72(54)55-29-5-10-32-58(55)74(64)62-35-13-20-43-70(62)77-71-44-21-14-36-63(71)74/h1-47H. The lowest BCUT2D eigenvalue weighted by Crippen LogP contribution is -2.32. The highest BCUT2D eigenvalue weighted by molar-refractivity contribution is 6.03. The number of rotatable bonds is 6. The maximum atomic E-state index is 6.74. The maximum absolute atomic E-state index is 6.74. The van der Waals surface area contributed by atoms with E-state index in [1.165, 1.54) is 50.1 Å². The summed E-state index contributed by atoms with van der Waals surface area (Å²) in [4.78, 5) is 2.52. The van der Waals surface area contributed by atoms with Gasteiger partial charge in [0.2, 0.25) is 0 Å². The number of benzene rings is 12. The predicted molar refractivity (Wildman–Crippen MR) is 312 cm³/mol. The molecular formula is C74H47NO2. The fourth-order valence-corrected chi connectivity index (χ4v) is 13.9. The van der Waals surface area contributed by atoms with Gasteiger partial charge in [-0.3, -0.25) is 0 Å². The quantitative estimate of drug-likeness (QED) is 0.166. The first-order valence-electron chi connectivity index (χ1n) is 26.6. The zero-order valence-electron chi connectivity index (χ0n) is 41.9. The molecular weight excluding hydrogens is 935 g/mol. The molecule has 2 aliphatic carbocycles. The Morgan fingerprint density at radius 1 is 0.221 bits per heavy atom. The van der Waals surface area contributed by atoms with E-state index in [1.807, 2.05) is 0 Å². The number of para-hydroxylation sites is 7. The molecule has 0 N–H and O–H groups in total. The van der Waals surface area contributed by atoms with Crippen molar-refractivity contribution >= 4 is 17.1 Å². The van der Waals surface area contributed by atoms with Gasteiger partial charge in [-0.2, -0.15) is 0 Å². The molecule has 0 radical (unpaired) electrons. The highest BCUT2D eigenvalue weighted by Gasteiger charge is 2.53. The molecule has 0 saturated carbocycles. The fraction of sp³-hybridized carbons (Fsp3) is 0.0270. The summed E-state index contributed by atoms with van der Waals surface area (Å²) in [6.45, 7) is 0. The Morgan fingerprint density at radius 3 is 1.14 bits per heavy atom. The second-order valence-electron chi connectivity index (χ2n) is 20.5. The Kier molecular flexibility index (Phi) is 9.47. The molecule has 4 aliphatic rings. The van der Waals surface area contributed by atoms with E-state index >= 15 is 0 Å². The average Bonchev–Trinajstić information content (AvgIpc) is 4.02. The molecule has 2 aliphatic heterocycles. The van der Waals surface area contributed by atoms with E-state index in [1.54, 1.807) is 0 Å². The number of hydrogen-bond donors (Lipinski definition) is 0. The van der Waals surface area contributed by atoms with Crippen molar-refractivity contribution in [3.05, 3.63) is 330 Å². The molecule has 3 nitrogen and oxygen atoms in total. The van der Waals surface area contributed by atoms with E-state index in [0.29, 0.717) is 0 Å². The van der Waals surface area contributed by atoms with Crippen LogP contribution in [0.15, 0.2) is 285 Å². The first-order valence-corrected chi connectivity index (χ1v) is 26.6. The van der Waals surface area contributed by atoms with Gasteiger partial charge < -0.3 is 14.4 Å². The van der Waals surface area contributed by atoms with Crippen LogP contribution in [0.3, 0.4) is 0 Å². The Labute approximate surface area is 448 Å². The molecule has 0 aromatic heterocycles. The number of nitrogens with zero attached hydrogens (tertiary/aromatic N) is 1. The highest BCUT2D eigenvalue weighted by atomic mass is 16.5. The van der Waals surface area contributed by atoms with Gasteiger partial charge in [0.25, 0.3) is 0 Å². The molecule has 0 amide bonds. The molecule has 77 heavy (non-hydrogen) atoms. The van der Waals surface area contributed by atoms with Gasteiger partial charge in [-0.15, -0.1) is 0 Å². The third kappa shape index (κ3) is 6.02. The van der Waals surface area contributed by atoms with E-state index in [9.17, 15) is 0 Å². The van der Waals surface area contributed by atoms with Crippen LogP contribution in [0.1, 0.15) is 44.5 Å². The van der Waals surface area contributed by atoms with Crippen LogP contribution >= 0.6 is 0 Å². The normalized spacial score (nSPS) is 13.9. The van der Waals surface area contributed by atoms with Crippen molar-refractivity contribution in [3.8, 4) is 78.6 Å². The number of fused-ring (bicyclic) bond motifs is 18. The smallest absolute Gasteiger partial charge is 0.132 e. The molecule has 0 unspecified atom stereocenters. The molecule has 0 bridgehead atoms. The van der Waals surface area contributed by atoms with Crippen LogP contribution < -0.4 is 14.4 Å². The largest absolute Gasteiger partial charge is 0.457 e. The van der Waals surface area contributed by atoms with Crippen molar-refractivity contribution in [2.75, 3.05) is 4.90 Å². The molecule has 12 aromatic carbocycles. The third-order valence-electron chi connectivity index (χ3n) is 16.8. The number of hydrogen-bond acceptors (Lipinski definition) is 3. The summed E-state index contributed by atoms with van der Waals surface area (Å²) in [5, 5.41) is 0. The summed E-state index contributed by atoms with van der Waals surface area (Å²) < 4.78 is 13.4. The van der Waals surface area contributed by atoms with Crippen LogP contribution in [-0.4, -0.2) is 0 Å². The summed E-state index contributed by atoms with van der Waals surface area (Å²) in [6, 6.07) is 104. The topological polar surface area (TPSA) is 21.7 Å². The van der Waals surface area contributed by atoms with Crippen molar-refractivity contribution in [1.82, 2.24) is 0 Å². The number of ether oxygens (including phenoxy) is 2. The van der Waals surface area contributed by atoms with Crippen LogP contribution in [0.5, 0.6) is 23.0 Å². The molecule has 2 heterocycles. The maximum Gasteiger partial charge on any atom is 0.132 e. The zero-order chi connectivity index (χ0) is 50.7. The van der Waals surface area contributed by atoms with Gasteiger partial charge in [-0.1, -0.05) is 237 Å².